The lowest BCUT2D eigenvalue weighted by Gasteiger charge is -2.09. The van der Waals surface area contributed by atoms with Gasteiger partial charge < -0.3 is 15.4 Å². The minimum Gasteiger partial charge on any atom is -0.487 e. The third-order valence-corrected chi connectivity index (χ3v) is 5.34. The van der Waals surface area contributed by atoms with Crippen molar-refractivity contribution >= 4 is 44.8 Å². The lowest BCUT2D eigenvalue weighted by Crippen LogP contribution is -2.32. The molecule has 0 atom stereocenters. The Morgan fingerprint density at radius 3 is 2.82 bits per heavy atom. The average molecular weight is 460 g/mol. The van der Waals surface area contributed by atoms with Crippen molar-refractivity contribution < 1.29 is 14.3 Å². The number of thiazole rings is 1. The van der Waals surface area contributed by atoms with Crippen molar-refractivity contribution in [3.8, 4) is 5.75 Å². The summed E-state index contributed by atoms with van der Waals surface area (Å²) in [5, 5.41) is 7.28. The van der Waals surface area contributed by atoms with Crippen LogP contribution in [0.5, 0.6) is 5.75 Å². The summed E-state index contributed by atoms with van der Waals surface area (Å²) in [6, 6.07) is 12.3. The highest BCUT2D eigenvalue weighted by Gasteiger charge is 2.10. The molecule has 0 bridgehead atoms. The van der Waals surface area contributed by atoms with Crippen molar-refractivity contribution in [3.63, 3.8) is 0 Å². The first-order valence-corrected chi connectivity index (χ1v) is 10.2. The van der Waals surface area contributed by atoms with Crippen LogP contribution >= 0.6 is 27.3 Å². The standard InChI is InChI=1S/C20H18BrN3O3S/c1-13-7-15(5-6-18(13)21)24-19(25)9-22-20(26)14-3-2-4-17(8-14)27-10-16-11-28-12-23-16/h2-8,11-12H,9-10H2,1H3,(H,22,26)(H,24,25). The van der Waals surface area contributed by atoms with Crippen molar-refractivity contribution in [2.75, 3.05) is 11.9 Å². The molecule has 8 heteroatoms. The fourth-order valence-corrected chi connectivity index (χ4v) is 3.17. The van der Waals surface area contributed by atoms with E-state index in [1.807, 2.05) is 24.4 Å². The van der Waals surface area contributed by atoms with Gasteiger partial charge in [-0.3, -0.25) is 9.59 Å². The molecule has 0 unspecified atom stereocenters. The molecule has 0 aliphatic rings. The van der Waals surface area contributed by atoms with Gasteiger partial charge in [0.1, 0.15) is 12.4 Å². The zero-order valence-corrected chi connectivity index (χ0v) is 17.5. The Morgan fingerprint density at radius 1 is 1.21 bits per heavy atom. The summed E-state index contributed by atoms with van der Waals surface area (Å²) in [6.45, 7) is 2.15. The molecule has 0 aliphatic carbocycles. The molecule has 2 amide bonds. The molecule has 0 radical (unpaired) electrons. The quantitative estimate of drug-likeness (QED) is 0.555. The number of benzene rings is 2. The summed E-state index contributed by atoms with van der Waals surface area (Å²) >= 11 is 4.91. The molecule has 28 heavy (non-hydrogen) atoms. The summed E-state index contributed by atoms with van der Waals surface area (Å²) < 4.78 is 6.62. The molecule has 0 aliphatic heterocycles. The van der Waals surface area contributed by atoms with Crippen LogP contribution in [0.3, 0.4) is 0 Å². The number of halogens is 1. The maximum Gasteiger partial charge on any atom is 0.251 e. The van der Waals surface area contributed by atoms with Crippen LogP contribution in [0, 0.1) is 6.92 Å². The van der Waals surface area contributed by atoms with Gasteiger partial charge in [0.2, 0.25) is 5.91 Å². The molecule has 2 N–H and O–H groups in total. The normalized spacial score (nSPS) is 10.4. The average Bonchev–Trinajstić information content (AvgIpc) is 3.21. The van der Waals surface area contributed by atoms with Gasteiger partial charge >= 0.3 is 0 Å². The predicted molar refractivity (Wildman–Crippen MR) is 113 cm³/mol. The SMILES string of the molecule is Cc1cc(NC(=O)CNC(=O)c2cccc(OCc3cscn3)c2)ccc1Br. The monoisotopic (exact) mass is 459 g/mol. The zero-order valence-electron chi connectivity index (χ0n) is 15.1. The van der Waals surface area contributed by atoms with Crippen LogP contribution in [-0.2, 0) is 11.4 Å². The van der Waals surface area contributed by atoms with Gasteiger partial charge in [0.15, 0.2) is 0 Å². The first-order valence-electron chi connectivity index (χ1n) is 8.45. The van der Waals surface area contributed by atoms with Crippen LogP contribution in [0.2, 0.25) is 0 Å². The number of aryl methyl sites for hydroxylation is 1. The molecular weight excluding hydrogens is 442 g/mol. The van der Waals surface area contributed by atoms with E-state index in [0.29, 0.717) is 23.6 Å². The summed E-state index contributed by atoms with van der Waals surface area (Å²) in [6.07, 6.45) is 0. The molecular formula is C20H18BrN3O3S. The molecule has 3 rings (SSSR count). The van der Waals surface area contributed by atoms with Crippen molar-refractivity contribution in [2.24, 2.45) is 0 Å². The number of carbonyl (C=O) groups excluding carboxylic acids is 2. The van der Waals surface area contributed by atoms with Crippen LogP contribution in [0.25, 0.3) is 0 Å². The van der Waals surface area contributed by atoms with Crippen molar-refractivity contribution in [1.29, 1.82) is 0 Å². The highest BCUT2D eigenvalue weighted by atomic mass is 79.9. The topological polar surface area (TPSA) is 80.3 Å². The molecule has 1 heterocycles. The third-order valence-electron chi connectivity index (χ3n) is 3.82. The predicted octanol–water partition coefficient (Wildman–Crippen LogP) is 4.16. The van der Waals surface area contributed by atoms with E-state index in [2.05, 4.69) is 31.5 Å². The van der Waals surface area contributed by atoms with Gasteiger partial charge in [-0.15, -0.1) is 11.3 Å². The minimum atomic E-state index is -0.346. The molecule has 1 aromatic heterocycles. The number of nitrogens with zero attached hydrogens (tertiary/aromatic N) is 1. The molecule has 6 nitrogen and oxygen atoms in total. The van der Waals surface area contributed by atoms with E-state index < -0.39 is 0 Å². The second kappa shape index (κ2) is 9.48. The number of aromatic nitrogens is 1. The van der Waals surface area contributed by atoms with Gasteiger partial charge in [-0.2, -0.15) is 0 Å². The van der Waals surface area contributed by atoms with Crippen molar-refractivity contribution in [1.82, 2.24) is 10.3 Å². The molecule has 0 saturated carbocycles. The Hall–Kier alpha value is -2.71. The van der Waals surface area contributed by atoms with Gasteiger partial charge in [0, 0.05) is 21.1 Å². The number of amides is 2. The number of nitrogens with one attached hydrogen (secondary N) is 2. The number of carbonyl (C=O) groups is 2. The summed E-state index contributed by atoms with van der Waals surface area (Å²) in [5.74, 6) is -0.0808. The first kappa shape index (κ1) is 20.0. The van der Waals surface area contributed by atoms with E-state index in [1.54, 1.807) is 35.8 Å². The Balaban J connectivity index is 1.51. The lowest BCUT2D eigenvalue weighted by molar-refractivity contribution is -0.115. The summed E-state index contributed by atoms with van der Waals surface area (Å²) in [5.41, 5.74) is 4.68. The zero-order chi connectivity index (χ0) is 19.9. The minimum absolute atomic E-state index is 0.127. The van der Waals surface area contributed by atoms with Crippen LogP contribution in [0.4, 0.5) is 5.69 Å². The number of hydrogen-bond acceptors (Lipinski definition) is 5. The maximum atomic E-state index is 12.3. The Morgan fingerprint density at radius 2 is 2.07 bits per heavy atom. The Labute approximate surface area is 175 Å². The second-order valence-corrected chi connectivity index (χ2v) is 7.56. The van der Waals surface area contributed by atoms with E-state index in [1.165, 1.54) is 11.3 Å². The van der Waals surface area contributed by atoms with Crippen LogP contribution in [-0.4, -0.2) is 23.3 Å². The number of hydrogen-bond donors (Lipinski definition) is 2. The summed E-state index contributed by atoms with van der Waals surface area (Å²) in [7, 11) is 0. The van der Waals surface area contributed by atoms with Crippen LogP contribution in [0.1, 0.15) is 21.6 Å². The van der Waals surface area contributed by atoms with E-state index in [4.69, 9.17) is 4.74 Å². The number of rotatable bonds is 7. The van der Waals surface area contributed by atoms with Crippen molar-refractivity contribution in [2.45, 2.75) is 13.5 Å². The Kier molecular flexibility index (Phi) is 6.78. The molecule has 2 aromatic carbocycles. The van der Waals surface area contributed by atoms with Crippen molar-refractivity contribution in [3.05, 3.63) is 74.6 Å². The van der Waals surface area contributed by atoms with Crippen LogP contribution in [0.15, 0.2) is 57.8 Å². The lowest BCUT2D eigenvalue weighted by atomic mass is 10.2. The molecule has 0 saturated heterocycles. The van der Waals surface area contributed by atoms with E-state index >= 15 is 0 Å². The van der Waals surface area contributed by atoms with E-state index in [0.717, 1.165) is 15.7 Å². The van der Waals surface area contributed by atoms with Gasteiger partial charge in [0.05, 0.1) is 17.7 Å². The van der Waals surface area contributed by atoms with E-state index in [-0.39, 0.29) is 18.4 Å². The molecule has 144 valence electrons. The summed E-state index contributed by atoms with van der Waals surface area (Å²) in [4.78, 5) is 28.5. The van der Waals surface area contributed by atoms with Gasteiger partial charge in [0.25, 0.3) is 5.91 Å². The van der Waals surface area contributed by atoms with E-state index in [9.17, 15) is 9.59 Å². The molecule has 0 spiro atoms. The Bertz CT molecular complexity index is 977. The molecule has 3 aromatic rings. The fourth-order valence-electron chi connectivity index (χ4n) is 2.38. The first-order chi connectivity index (χ1) is 13.5. The molecule has 0 fully saturated rings. The maximum absolute atomic E-state index is 12.3. The largest absolute Gasteiger partial charge is 0.487 e. The fraction of sp³-hybridized carbons (Fsp3) is 0.150. The number of ether oxygens (including phenoxy) is 1. The second-order valence-electron chi connectivity index (χ2n) is 5.99. The van der Waals surface area contributed by atoms with Gasteiger partial charge in [-0.25, -0.2) is 4.98 Å². The smallest absolute Gasteiger partial charge is 0.251 e. The highest BCUT2D eigenvalue weighted by molar-refractivity contribution is 9.10. The number of anilines is 1. The van der Waals surface area contributed by atoms with Crippen LogP contribution < -0.4 is 15.4 Å². The highest BCUT2D eigenvalue weighted by Crippen LogP contribution is 2.20. The van der Waals surface area contributed by atoms with Gasteiger partial charge in [-0.1, -0.05) is 22.0 Å². The van der Waals surface area contributed by atoms with Gasteiger partial charge in [-0.05, 0) is 48.9 Å². The third kappa shape index (κ3) is 5.64.